The highest BCUT2D eigenvalue weighted by atomic mass is 32.2. The standard InChI is InChI=1S/C28H28N4O4S2/c1-3-19-8-4-5-11-30(19)25-20(26(33)31-12-6-7-17(2)24(31)29-25)14-23-27(34)32(28(37)38-23)15-18-9-10-21-22(13-18)36-16-35-21/h6-7,9-10,12-14,19H,3-5,8,11,15-16H2,1-2H3. The minimum Gasteiger partial charge on any atom is -0.454 e. The van der Waals surface area contributed by atoms with Crippen molar-refractivity contribution in [1.82, 2.24) is 14.3 Å². The molecule has 1 aromatic carbocycles. The van der Waals surface area contributed by atoms with Crippen molar-refractivity contribution in [3.05, 3.63) is 68.5 Å². The smallest absolute Gasteiger partial charge is 0.267 e. The molecule has 5 heterocycles. The van der Waals surface area contributed by atoms with Crippen LogP contribution in [0.4, 0.5) is 5.82 Å². The number of thioether (sulfide) groups is 1. The Hall–Kier alpha value is -3.37. The maximum Gasteiger partial charge on any atom is 0.267 e. The number of ether oxygens (including phenoxy) is 2. The first kappa shape index (κ1) is 24.9. The molecule has 2 saturated heterocycles. The minimum absolute atomic E-state index is 0.185. The third-order valence-electron chi connectivity index (χ3n) is 7.36. The summed E-state index contributed by atoms with van der Waals surface area (Å²) in [7, 11) is 0. The fourth-order valence-corrected chi connectivity index (χ4v) is 6.58. The summed E-state index contributed by atoms with van der Waals surface area (Å²) in [6, 6.07) is 9.71. The number of carbonyl (C=O) groups is 1. The van der Waals surface area contributed by atoms with E-state index in [9.17, 15) is 9.59 Å². The number of benzene rings is 1. The van der Waals surface area contributed by atoms with E-state index in [2.05, 4.69) is 11.8 Å². The molecule has 0 spiro atoms. The number of aromatic nitrogens is 2. The lowest BCUT2D eigenvalue weighted by molar-refractivity contribution is -0.122. The average molecular weight is 549 g/mol. The molecular weight excluding hydrogens is 520 g/mol. The molecule has 0 saturated carbocycles. The molecule has 1 amide bonds. The number of aryl methyl sites for hydroxylation is 1. The lowest BCUT2D eigenvalue weighted by Crippen LogP contribution is -2.41. The Kier molecular flexibility index (Phi) is 6.61. The van der Waals surface area contributed by atoms with Crippen LogP contribution in [-0.4, -0.2) is 43.9 Å². The Balaban J connectivity index is 1.40. The van der Waals surface area contributed by atoms with Crippen LogP contribution in [0.3, 0.4) is 0 Å². The highest BCUT2D eigenvalue weighted by Gasteiger charge is 2.34. The number of piperidine rings is 1. The van der Waals surface area contributed by atoms with Gasteiger partial charge in [0.05, 0.1) is 17.0 Å². The Bertz CT molecular complexity index is 1550. The Morgan fingerprint density at radius 1 is 1.18 bits per heavy atom. The second-order valence-electron chi connectivity index (χ2n) is 9.75. The zero-order chi connectivity index (χ0) is 26.4. The molecule has 0 bridgehead atoms. The molecule has 10 heteroatoms. The number of hydrogen-bond acceptors (Lipinski definition) is 8. The molecule has 6 rings (SSSR count). The van der Waals surface area contributed by atoms with Crippen LogP contribution in [-0.2, 0) is 11.3 Å². The van der Waals surface area contributed by atoms with Gasteiger partial charge in [-0.3, -0.25) is 18.9 Å². The summed E-state index contributed by atoms with van der Waals surface area (Å²) in [4.78, 5) is 36.7. The number of pyridine rings is 1. The lowest BCUT2D eigenvalue weighted by atomic mass is 9.99. The summed E-state index contributed by atoms with van der Waals surface area (Å²) < 4.78 is 12.9. The summed E-state index contributed by atoms with van der Waals surface area (Å²) in [5, 5.41) is 0. The topological polar surface area (TPSA) is 76.4 Å². The monoisotopic (exact) mass is 548 g/mol. The fraction of sp³-hybridized carbons (Fsp3) is 0.357. The Morgan fingerprint density at radius 2 is 2.03 bits per heavy atom. The molecule has 2 fully saturated rings. The van der Waals surface area contributed by atoms with Gasteiger partial charge < -0.3 is 14.4 Å². The van der Waals surface area contributed by atoms with Crippen molar-refractivity contribution in [2.75, 3.05) is 18.2 Å². The number of amides is 1. The number of anilines is 1. The van der Waals surface area contributed by atoms with Crippen LogP contribution in [0.2, 0.25) is 0 Å². The van der Waals surface area contributed by atoms with Gasteiger partial charge in [-0.1, -0.05) is 43.0 Å². The van der Waals surface area contributed by atoms with Crippen LogP contribution in [0.5, 0.6) is 11.5 Å². The molecule has 3 aromatic rings. The summed E-state index contributed by atoms with van der Waals surface area (Å²) in [6.07, 6.45) is 7.65. The van der Waals surface area contributed by atoms with Crippen molar-refractivity contribution in [3.8, 4) is 11.5 Å². The van der Waals surface area contributed by atoms with Crippen molar-refractivity contribution in [1.29, 1.82) is 0 Å². The molecule has 0 radical (unpaired) electrons. The van der Waals surface area contributed by atoms with E-state index in [0.29, 0.717) is 50.3 Å². The van der Waals surface area contributed by atoms with E-state index in [1.54, 1.807) is 21.6 Å². The first-order valence-corrected chi connectivity index (χ1v) is 14.1. The summed E-state index contributed by atoms with van der Waals surface area (Å²) >= 11 is 6.81. The number of nitrogens with zero attached hydrogens (tertiary/aromatic N) is 4. The number of rotatable bonds is 5. The van der Waals surface area contributed by atoms with Gasteiger partial charge >= 0.3 is 0 Å². The maximum absolute atomic E-state index is 13.9. The molecule has 8 nitrogen and oxygen atoms in total. The van der Waals surface area contributed by atoms with E-state index in [1.807, 2.05) is 37.3 Å². The number of fused-ring (bicyclic) bond motifs is 2. The zero-order valence-electron chi connectivity index (χ0n) is 21.3. The first-order chi connectivity index (χ1) is 18.4. The SMILES string of the molecule is CCC1CCCCN1c1nc2c(C)cccn2c(=O)c1C=C1SC(=S)N(Cc2ccc3c(c2)OCO3)C1=O. The molecule has 196 valence electrons. The highest BCUT2D eigenvalue weighted by molar-refractivity contribution is 8.26. The second kappa shape index (κ2) is 10.1. The molecule has 3 aliphatic rings. The van der Waals surface area contributed by atoms with Crippen LogP contribution in [0, 0.1) is 6.92 Å². The molecule has 1 unspecified atom stereocenters. The Morgan fingerprint density at radius 3 is 2.87 bits per heavy atom. The molecule has 2 aromatic heterocycles. The normalized spacial score (nSPS) is 20.3. The van der Waals surface area contributed by atoms with Gasteiger partial charge in [0.2, 0.25) is 6.79 Å². The van der Waals surface area contributed by atoms with Gasteiger partial charge in [0.1, 0.15) is 15.8 Å². The van der Waals surface area contributed by atoms with Crippen molar-refractivity contribution < 1.29 is 14.3 Å². The largest absolute Gasteiger partial charge is 0.454 e. The average Bonchev–Trinajstić information content (AvgIpc) is 3.50. The van der Waals surface area contributed by atoms with Gasteiger partial charge in [0.15, 0.2) is 11.5 Å². The van der Waals surface area contributed by atoms with E-state index < -0.39 is 0 Å². The first-order valence-electron chi connectivity index (χ1n) is 12.9. The third-order valence-corrected chi connectivity index (χ3v) is 8.74. The van der Waals surface area contributed by atoms with Crippen LogP contribution >= 0.6 is 24.0 Å². The quantitative estimate of drug-likeness (QED) is 0.329. The van der Waals surface area contributed by atoms with Crippen LogP contribution in [0.25, 0.3) is 11.7 Å². The zero-order valence-corrected chi connectivity index (χ0v) is 22.9. The molecule has 0 N–H and O–H groups in total. The van der Waals surface area contributed by atoms with Crippen LogP contribution < -0.4 is 19.9 Å². The predicted molar refractivity (Wildman–Crippen MR) is 153 cm³/mol. The van der Waals surface area contributed by atoms with Gasteiger partial charge in [-0.15, -0.1) is 0 Å². The van der Waals surface area contributed by atoms with E-state index in [1.165, 1.54) is 11.8 Å². The second-order valence-corrected chi connectivity index (χ2v) is 11.4. The molecule has 0 aliphatic carbocycles. The predicted octanol–water partition coefficient (Wildman–Crippen LogP) is 4.90. The van der Waals surface area contributed by atoms with Crippen molar-refractivity contribution in [3.63, 3.8) is 0 Å². The summed E-state index contributed by atoms with van der Waals surface area (Å²) in [5.41, 5.74) is 2.69. The third kappa shape index (κ3) is 4.35. The number of hydrogen-bond donors (Lipinski definition) is 0. The van der Waals surface area contributed by atoms with Gasteiger partial charge in [-0.25, -0.2) is 4.98 Å². The van der Waals surface area contributed by atoms with Crippen molar-refractivity contribution in [2.24, 2.45) is 0 Å². The maximum atomic E-state index is 13.9. The van der Waals surface area contributed by atoms with E-state index in [4.69, 9.17) is 26.7 Å². The number of thiocarbonyl (C=S) groups is 1. The summed E-state index contributed by atoms with van der Waals surface area (Å²) in [6.45, 7) is 5.46. The van der Waals surface area contributed by atoms with Crippen LogP contribution in [0.1, 0.15) is 49.3 Å². The number of carbonyl (C=O) groups excluding carboxylic acids is 1. The molecule has 3 aliphatic heterocycles. The Labute approximate surface area is 230 Å². The van der Waals surface area contributed by atoms with E-state index in [-0.39, 0.29) is 18.3 Å². The lowest BCUT2D eigenvalue weighted by Gasteiger charge is -2.37. The fourth-order valence-electron chi connectivity index (χ4n) is 5.34. The van der Waals surface area contributed by atoms with Crippen LogP contribution in [0.15, 0.2) is 46.2 Å². The van der Waals surface area contributed by atoms with Gasteiger partial charge in [0, 0.05) is 18.8 Å². The van der Waals surface area contributed by atoms with E-state index >= 15 is 0 Å². The van der Waals surface area contributed by atoms with Gasteiger partial charge in [0.25, 0.3) is 11.5 Å². The minimum atomic E-state index is -0.219. The molecule has 38 heavy (non-hydrogen) atoms. The van der Waals surface area contributed by atoms with E-state index in [0.717, 1.165) is 43.4 Å². The van der Waals surface area contributed by atoms with Gasteiger partial charge in [-0.2, -0.15) is 0 Å². The van der Waals surface area contributed by atoms with Crippen molar-refractivity contribution >= 4 is 51.7 Å². The highest BCUT2D eigenvalue weighted by Crippen LogP contribution is 2.37. The molecule has 1 atom stereocenters. The van der Waals surface area contributed by atoms with Crippen molar-refractivity contribution in [2.45, 2.75) is 52.1 Å². The van der Waals surface area contributed by atoms with Gasteiger partial charge in [-0.05, 0) is 68.0 Å². The molecular formula is C28H28N4O4S2. The summed E-state index contributed by atoms with van der Waals surface area (Å²) in [5.74, 6) is 1.78.